The van der Waals surface area contributed by atoms with E-state index in [1.54, 1.807) is 11.3 Å². The highest BCUT2D eigenvalue weighted by molar-refractivity contribution is 7.11. The molecule has 2 N–H and O–H groups in total. The molecule has 2 atom stereocenters. The van der Waals surface area contributed by atoms with Crippen molar-refractivity contribution in [1.82, 2.24) is 4.98 Å². The molecule has 0 spiro atoms. The molecule has 0 saturated heterocycles. The van der Waals surface area contributed by atoms with Crippen molar-refractivity contribution in [1.29, 1.82) is 0 Å². The molecule has 0 bridgehead atoms. The van der Waals surface area contributed by atoms with E-state index in [4.69, 9.17) is 5.73 Å². The van der Waals surface area contributed by atoms with Gasteiger partial charge in [0.2, 0.25) is 0 Å². The van der Waals surface area contributed by atoms with E-state index in [1.165, 1.54) is 33.9 Å². The number of fused-ring (bicyclic) bond motifs is 1. The van der Waals surface area contributed by atoms with E-state index in [0.717, 1.165) is 6.42 Å². The van der Waals surface area contributed by atoms with Crippen LogP contribution in [0.3, 0.4) is 0 Å². The third kappa shape index (κ3) is 2.20. The van der Waals surface area contributed by atoms with Crippen LogP contribution in [0, 0.1) is 0 Å². The molecule has 3 rings (SSSR count). The molecule has 1 aliphatic carbocycles. The van der Waals surface area contributed by atoms with Gasteiger partial charge >= 0.3 is 0 Å². The van der Waals surface area contributed by atoms with E-state index in [9.17, 15) is 0 Å². The summed E-state index contributed by atoms with van der Waals surface area (Å²) in [7, 11) is 0. The molecule has 2 aromatic rings. The van der Waals surface area contributed by atoms with E-state index < -0.39 is 0 Å². The lowest BCUT2D eigenvalue weighted by Gasteiger charge is -2.22. The molecule has 2 unspecified atom stereocenters. The fraction of sp³-hybridized carbons (Fsp3) is 0.400. The summed E-state index contributed by atoms with van der Waals surface area (Å²) in [6.07, 6.45) is 5.46. The zero-order valence-corrected chi connectivity index (χ0v) is 11.4. The van der Waals surface area contributed by atoms with Crippen LogP contribution in [-0.2, 0) is 12.8 Å². The lowest BCUT2D eigenvalue weighted by atomic mass is 9.84. The first-order chi connectivity index (χ1) is 8.74. The van der Waals surface area contributed by atoms with Crippen LogP contribution in [0.2, 0.25) is 0 Å². The number of hydrogen-bond donors (Lipinski definition) is 1. The average molecular weight is 258 g/mol. The van der Waals surface area contributed by atoms with Gasteiger partial charge in [0.15, 0.2) is 0 Å². The maximum atomic E-state index is 5.90. The van der Waals surface area contributed by atoms with Crippen molar-refractivity contribution in [2.24, 2.45) is 5.73 Å². The summed E-state index contributed by atoms with van der Waals surface area (Å²) in [5, 5.41) is 1.26. The van der Waals surface area contributed by atoms with Gasteiger partial charge in [0.1, 0.15) is 0 Å². The van der Waals surface area contributed by atoms with Crippen LogP contribution in [0.4, 0.5) is 0 Å². The van der Waals surface area contributed by atoms with Crippen molar-refractivity contribution < 1.29 is 0 Å². The van der Waals surface area contributed by atoms with Crippen molar-refractivity contribution in [3.63, 3.8) is 0 Å². The Morgan fingerprint density at radius 2 is 2.11 bits per heavy atom. The summed E-state index contributed by atoms with van der Waals surface area (Å²) in [4.78, 5) is 5.77. The summed E-state index contributed by atoms with van der Waals surface area (Å²) < 4.78 is 0. The Kier molecular flexibility index (Phi) is 3.18. The van der Waals surface area contributed by atoms with Crippen LogP contribution in [0.15, 0.2) is 30.5 Å². The molecular formula is C15H18N2S. The second-order valence-electron chi connectivity index (χ2n) is 5.10. The standard InChI is InChI=1S/C15H18N2S/c1-10(16)14-9-17-15(18-14)13-7-6-11-4-2-3-5-12(11)8-13/h2-5,9-10,13H,6-8,16H2,1H3. The maximum Gasteiger partial charge on any atom is 0.0962 e. The number of aryl methyl sites for hydroxylation is 1. The molecule has 0 saturated carbocycles. The van der Waals surface area contributed by atoms with Gasteiger partial charge in [-0.05, 0) is 37.3 Å². The first-order valence-electron chi connectivity index (χ1n) is 6.52. The van der Waals surface area contributed by atoms with Gasteiger partial charge in [0, 0.05) is 23.0 Å². The molecule has 1 heterocycles. The van der Waals surface area contributed by atoms with Crippen LogP contribution in [-0.4, -0.2) is 4.98 Å². The van der Waals surface area contributed by atoms with Crippen molar-refractivity contribution in [3.8, 4) is 0 Å². The first kappa shape index (κ1) is 11.9. The largest absolute Gasteiger partial charge is 0.323 e. The van der Waals surface area contributed by atoms with E-state index in [0.29, 0.717) is 5.92 Å². The second kappa shape index (κ2) is 4.82. The number of aromatic nitrogens is 1. The molecule has 1 aromatic carbocycles. The van der Waals surface area contributed by atoms with E-state index in [1.807, 2.05) is 13.1 Å². The highest BCUT2D eigenvalue weighted by atomic mass is 32.1. The Balaban J connectivity index is 1.83. The molecule has 0 amide bonds. The molecule has 1 aromatic heterocycles. The van der Waals surface area contributed by atoms with Gasteiger partial charge in [-0.3, -0.25) is 0 Å². The quantitative estimate of drug-likeness (QED) is 0.896. The minimum atomic E-state index is 0.104. The highest BCUT2D eigenvalue weighted by Gasteiger charge is 2.22. The van der Waals surface area contributed by atoms with Gasteiger partial charge in [-0.1, -0.05) is 24.3 Å². The fourth-order valence-corrected chi connectivity index (χ4v) is 3.61. The summed E-state index contributed by atoms with van der Waals surface area (Å²) in [6.45, 7) is 2.02. The third-order valence-corrected chi connectivity index (χ3v) is 5.05. The fourth-order valence-electron chi connectivity index (χ4n) is 2.61. The van der Waals surface area contributed by atoms with Crippen LogP contribution in [0.5, 0.6) is 0 Å². The second-order valence-corrected chi connectivity index (χ2v) is 6.19. The SMILES string of the molecule is CC(N)c1cnc(C2CCc3ccccc3C2)s1. The Bertz CT molecular complexity index is 545. The van der Waals surface area contributed by atoms with E-state index >= 15 is 0 Å². The van der Waals surface area contributed by atoms with Crippen LogP contribution < -0.4 is 5.73 Å². The lowest BCUT2D eigenvalue weighted by Crippen LogP contribution is -2.12. The molecule has 0 fully saturated rings. The summed E-state index contributed by atoms with van der Waals surface area (Å²) in [5.41, 5.74) is 8.91. The Morgan fingerprint density at radius 3 is 2.83 bits per heavy atom. The van der Waals surface area contributed by atoms with E-state index in [2.05, 4.69) is 29.2 Å². The van der Waals surface area contributed by atoms with Gasteiger partial charge in [-0.25, -0.2) is 4.98 Å². The maximum absolute atomic E-state index is 5.90. The molecule has 94 valence electrons. The molecule has 3 heteroatoms. The highest BCUT2D eigenvalue weighted by Crippen LogP contribution is 2.35. The first-order valence-corrected chi connectivity index (χ1v) is 7.33. The number of nitrogens with zero attached hydrogens (tertiary/aromatic N) is 1. The molecule has 2 nitrogen and oxygen atoms in total. The van der Waals surface area contributed by atoms with Crippen molar-refractivity contribution in [3.05, 3.63) is 51.5 Å². The number of rotatable bonds is 2. The third-order valence-electron chi connectivity index (χ3n) is 3.69. The van der Waals surface area contributed by atoms with Gasteiger partial charge in [-0.15, -0.1) is 11.3 Å². The van der Waals surface area contributed by atoms with Gasteiger partial charge < -0.3 is 5.73 Å². The normalized spacial score (nSPS) is 20.4. The summed E-state index contributed by atoms with van der Waals surface area (Å²) in [6, 6.07) is 8.88. The minimum Gasteiger partial charge on any atom is -0.323 e. The lowest BCUT2D eigenvalue weighted by molar-refractivity contribution is 0.582. The summed E-state index contributed by atoms with van der Waals surface area (Å²) >= 11 is 1.79. The molecular weight excluding hydrogens is 240 g/mol. The minimum absolute atomic E-state index is 0.104. The molecule has 0 aliphatic heterocycles. The smallest absolute Gasteiger partial charge is 0.0962 e. The Morgan fingerprint density at radius 1 is 1.33 bits per heavy atom. The molecule has 18 heavy (non-hydrogen) atoms. The van der Waals surface area contributed by atoms with Crippen LogP contribution in [0.1, 0.15) is 46.3 Å². The predicted octanol–water partition coefficient (Wildman–Crippen LogP) is 3.44. The Hall–Kier alpha value is -1.19. The zero-order valence-electron chi connectivity index (χ0n) is 10.6. The number of hydrogen-bond acceptors (Lipinski definition) is 3. The molecule has 1 aliphatic rings. The van der Waals surface area contributed by atoms with Gasteiger partial charge in [-0.2, -0.15) is 0 Å². The predicted molar refractivity (Wildman–Crippen MR) is 75.9 cm³/mol. The van der Waals surface area contributed by atoms with Crippen LogP contribution >= 0.6 is 11.3 Å². The number of thiazole rings is 1. The van der Waals surface area contributed by atoms with Gasteiger partial charge in [0.05, 0.1) is 5.01 Å². The van der Waals surface area contributed by atoms with Crippen molar-refractivity contribution in [2.75, 3.05) is 0 Å². The monoisotopic (exact) mass is 258 g/mol. The zero-order chi connectivity index (χ0) is 12.5. The number of nitrogens with two attached hydrogens (primary N) is 1. The Labute approximate surface area is 112 Å². The van der Waals surface area contributed by atoms with Crippen molar-refractivity contribution >= 4 is 11.3 Å². The molecule has 0 radical (unpaired) electrons. The van der Waals surface area contributed by atoms with Crippen molar-refractivity contribution in [2.45, 2.75) is 38.1 Å². The van der Waals surface area contributed by atoms with Crippen LogP contribution in [0.25, 0.3) is 0 Å². The average Bonchev–Trinajstić information content (AvgIpc) is 2.88. The van der Waals surface area contributed by atoms with E-state index in [-0.39, 0.29) is 6.04 Å². The number of benzene rings is 1. The van der Waals surface area contributed by atoms with Gasteiger partial charge in [0.25, 0.3) is 0 Å². The summed E-state index contributed by atoms with van der Waals surface area (Å²) in [5.74, 6) is 0.581. The topological polar surface area (TPSA) is 38.9 Å².